The number of likely N-dealkylation sites (tertiary alicyclic amines) is 1. The summed E-state index contributed by atoms with van der Waals surface area (Å²) in [6.45, 7) is 3.32. The number of benzene rings is 3. The molecule has 2 amide bonds. The Bertz CT molecular complexity index is 1180. The summed E-state index contributed by atoms with van der Waals surface area (Å²) < 4.78 is 5.21. The second-order valence-electron chi connectivity index (χ2n) is 8.75. The first kappa shape index (κ1) is 24.8. The highest BCUT2D eigenvalue weighted by Gasteiger charge is 2.32. The zero-order valence-corrected chi connectivity index (χ0v) is 20.7. The van der Waals surface area contributed by atoms with E-state index in [1.807, 2.05) is 61.5 Å². The van der Waals surface area contributed by atoms with Gasteiger partial charge in [-0.25, -0.2) is 0 Å². The van der Waals surface area contributed by atoms with Crippen molar-refractivity contribution in [2.24, 2.45) is 0 Å². The number of hydrogen-bond donors (Lipinski definition) is 2. The number of nitrogens with zero attached hydrogens (tertiary/aromatic N) is 1. The highest BCUT2D eigenvalue weighted by atomic mass is 35.5. The monoisotopic (exact) mass is 491 g/mol. The van der Waals surface area contributed by atoms with Gasteiger partial charge in [0.15, 0.2) is 0 Å². The molecule has 35 heavy (non-hydrogen) atoms. The lowest BCUT2D eigenvalue weighted by Crippen LogP contribution is -2.48. The van der Waals surface area contributed by atoms with Crippen LogP contribution in [-0.2, 0) is 4.79 Å². The van der Waals surface area contributed by atoms with Crippen molar-refractivity contribution in [1.82, 2.24) is 10.2 Å². The van der Waals surface area contributed by atoms with E-state index in [4.69, 9.17) is 16.3 Å². The second-order valence-corrected chi connectivity index (χ2v) is 9.16. The maximum atomic E-state index is 13.5. The molecule has 6 nitrogen and oxygen atoms in total. The van der Waals surface area contributed by atoms with Gasteiger partial charge in [0.2, 0.25) is 5.91 Å². The van der Waals surface area contributed by atoms with Gasteiger partial charge in [-0.05, 0) is 55.2 Å². The molecule has 1 unspecified atom stereocenters. The number of anilines is 1. The molecule has 1 aliphatic rings. The predicted molar refractivity (Wildman–Crippen MR) is 139 cm³/mol. The number of carbonyl (C=O) groups is 2. The topological polar surface area (TPSA) is 70.7 Å². The lowest BCUT2D eigenvalue weighted by atomic mass is 9.98. The highest BCUT2D eigenvalue weighted by molar-refractivity contribution is 6.32. The molecule has 1 atom stereocenters. The smallest absolute Gasteiger partial charge is 0.251 e. The quantitative estimate of drug-likeness (QED) is 0.474. The van der Waals surface area contributed by atoms with Gasteiger partial charge in [-0.1, -0.05) is 60.1 Å². The number of carbonyl (C=O) groups excluding carboxylic acids is 2. The minimum atomic E-state index is -0.454. The van der Waals surface area contributed by atoms with E-state index in [-0.39, 0.29) is 17.9 Å². The molecule has 0 spiro atoms. The summed E-state index contributed by atoms with van der Waals surface area (Å²) in [5.41, 5.74) is 3.20. The van der Waals surface area contributed by atoms with E-state index in [1.54, 1.807) is 25.3 Å². The van der Waals surface area contributed by atoms with E-state index in [1.165, 1.54) is 0 Å². The normalized spacial score (nSPS) is 15.3. The van der Waals surface area contributed by atoms with Gasteiger partial charge in [-0.15, -0.1) is 0 Å². The number of rotatable bonds is 7. The summed E-state index contributed by atoms with van der Waals surface area (Å²) in [6, 6.07) is 22.2. The zero-order chi connectivity index (χ0) is 24.8. The van der Waals surface area contributed by atoms with Gasteiger partial charge in [0.1, 0.15) is 11.8 Å². The van der Waals surface area contributed by atoms with Crippen LogP contribution in [0.25, 0.3) is 0 Å². The van der Waals surface area contributed by atoms with Crippen LogP contribution in [-0.4, -0.2) is 43.0 Å². The number of ether oxygens (including phenoxy) is 1. The molecule has 4 rings (SSSR count). The lowest BCUT2D eigenvalue weighted by Gasteiger charge is -2.37. The van der Waals surface area contributed by atoms with E-state index in [0.29, 0.717) is 35.1 Å². The first-order chi connectivity index (χ1) is 17.0. The van der Waals surface area contributed by atoms with Gasteiger partial charge in [-0.3, -0.25) is 14.5 Å². The molecule has 3 aromatic carbocycles. The summed E-state index contributed by atoms with van der Waals surface area (Å²) in [5, 5.41) is 6.62. The number of amides is 2. The van der Waals surface area contributed by atoms with Crippen LogP contribution in [0.1, 0.15) is 40.4 Å². The average Bonchev–Trinajstić information content (AvgIpc) is 2.86. The molecule has 2 N–H and O–H groups in total. The molecule has 0 radical (unpaired) electrons. The molecule has 7 heteroatoms. The average molecular weight is 492 g/mol. The largest absolute Gasteiger partial charge is 0.495 e. The Kier molecular flexibility index (Phi) is 8.06. The van der Waals surface area contributed by atoms with Gasteiger partial charge >= 0.3 is 0 Å². The molecule has 1 heterocycles. The van der Waals surface area contributed by atoms with Crippen molar-refractivity contribution >= 4 is 29.1 Å². The van der Waals surface area contributed by atoms with Crippen molar-refractivity contribution in [2.75, 3.05) is 25.5 Å². The van der Waals surface area contributed by atoms with E-state index < -0.39 is 6.04 Å². The zero-order valence-electron chi connectivity index (χ0n) is 20.0. The third-order valence-electron chi connectivity index (χ3n) is 6.40. The van der Waals surface area contributed by atoms with Crippen molar-refractivity contribution in [3.05, 3.63) is 94.5 Å². The van der Waals surface area contributed by atoms with Crippen molar-refractivity contribution in [3.63, 3.8) is 0 Å². The third kappa shape index (κ3) is 6.02. The van der Waals surface area contributed by atoms with Crippen LogP contribution < -0.4 is 15.4 Å². The van der Waals surface area contributed by atoms with E-state index in [9.17, 15) is 9.59 Å². The van der Waals surface area contributed by atoms with Crippen molar-refractivity contribution in [1.29, 1.82) is 0 Å². The van der Waals surface area contributed by atoms with Crippen molar-refractivity contribution in [3.8, 4) is 5.75 Å². The Hall–Kier alpha value is -3.35. The number of nitrogens with one attached hydrogen (secondary N) is 2. The maximum absolute atomic E-state index is 13.5. The van der Waals surface area contributed by atoms with E-state index in [2.05, 4.69) is 15.5 Å². The number of methoxy groups -OCH3 is 1. The van der Waals surface area contributed by atoms with Gasteiger partial charge < -0.3 is 15.4 Å². The standard InChI is InChI=1S/C28H30ClN3O3/c1-19-8-6-7-11-23(19)27(33)30-21-14-16-32(17-15-21)26(20-9-4-3-5-10-20)28(34)31-22-12-13-25(35-2)24(29)18-22/h3-13,18,21,26H,14-17H2,1-2H3,(H,30,33)(H,31,34). The van der Waals surface area contributed by atoms with Crippen LogP contribution >= 0.6 is 11.6 Å². The first-order valence-electron chi connectivity index (χ1n) is 11.8. The summed E-state index contributed by atoms with van der Waals surface area (Å²) >= 11 is 6.25. The van der Waals surface area contributed by atoms with Crippen LogP contribution in [0.3, 0.4) is 0 Å². The van der Waals surface area contributed by atoms with Gasteiger partial charge in [0, 0.05) is 30.4 Å². The molecule has 0 aliphatic carbocycles. The van der Waals surface area contributed by atoms with Crippen molar-refractivity contribution < 1.29 is 14.3 Å². The highest BCUT2D eigenvalue weighted by Crippen LogP contribution is 2.30. The van der Waals surface area contributed by atoms with Crippen LogP contribution in [0, 0.1) is 6.92 Å². The van der Waals surface area contributed by atoms with Gasteiger partial charge in [0.05, 0.1) is 12.1 Å². The van der Waals surface area contributed by atoms with Crippen molar-refractivity contribution in [2.45, 2.75) is 31.8 Å². The van der Waals surface area contributed by atoms with Crippen LogP contribution in [0.2, 0.25) is 5.02 Å². The molecule has 1 aliphatic heterocycles. The molecule has 182 valence electrons. The molecule has 1 saturated heterocycles. The molecule has 0 saturated carbocycles. The summed E-state index contributed by atoms with van der Waals surface area (Å²) in [6.07, 6.45) is 1.53. The minimum Gasteiger partial charge on any atom is -0.495 e. The molecular formula is C28H30ClN3O3. The Morgan fingerprint density at radius 3 is 2.34 bits per heavy atom. The molecule has 0 aromatic heterocycles. The van der Waals surface area contributed by atoms with Crippen LogP contribution in [0.4, 0.5) is 5.69 Å². The Morgan fingerprint density at radius 1 is 1.00 bits per heavy atom. The lowest BCUT2D eigenvalue weighted by molar-refractivity contribution is -0.122. The molecule has 1 fully saturated rings. The Balaban J connectivity index is 1.44. The fourth-order valence-corrected chi connectivity index (χ4v) is 4.77. The maximum Gasteiger partial charge on any atom is 0.251 e. The second kappa shape index (κ2) is 11.4. The molecule has 3 aromatic rings. The van der Waals surface area contributed by atoms with Crippen LogP contribution in [0.5, 0.6) is 5.75 Å². The third-order valence-corrected chi connectivity index (χ3v) is 6.70. The summed E-state index contributed by atoms with van der Waals surface area (Å²) in [7, 11) is 1.55. The molecular weight excluding hydrogens is 462 g/mol. The van der Waals surface area contributed by atoms with E-state index >= 15 is 0 Å². The fourth-order valence-electron chi connectivity index (χ4n) is 4.51. The molecule has 0 bridgehead atoms. The summed E-state index contributed by atoms with van der Waals surface area (Å²) in [4.78, 5) is 28.4. The number of halogens is 1. The number of hydrogen-bond acceptors (Lipinski definition) is 4. The summed E-state index contributed by atoms with van der Waals surface area (Å²) in [5.74, 6) is 0.384. The first-order valence-corrected chi connectivity index (χ1v) is 12.1. The Morgan fingerprint density at radius 2 is 1.69 bits per heavy atom. The fraction of sp³-hybridized carbons (Fsp3) is 0.286. The SMILES string of the molecule is COc1ccc(NC(=O)C(c2ccccc2)N2CCC(NC(=O)c3ccccc3C)CC2)cc1Cl. The Labute approximate surface area is 211 Å². The number of aryl methyl sites for hydroxylation is 1. The predicted octanol–water partition coefficient (Wildman–Crippen LogP) is 5.23. The van der Waals surface area contributed by atoms with Gasteiger partial charge in [-0.2, -0.15) is 0 Å². The van der Waals surface area contributed by atoms with Gasteiger partial charge in [0.25, 0.3) is 5.91 Å². The van der Waals surface area contributed by atoms with Crippen LogP contribution in [0.15, 0.2) is 72.8 Å². The number of piperidine rings is 1. The minimum absolute atomic E-state index is 0.0460. The van der Waals surface area contributed by atoms with E-state index in [0.717, 1.165) is 24.0 Å².